The zero-order valence-electron chi connectivity index (χ0n) is 16.0. The predicted molar refractivity (Wildman–Crippen MR) is 104 cm³/mol. The van der Waals surface area contributed by atoms with Crippen molar-refractivity contribution in [3.05, 3.63) is 77.7 Å². The second kappa shape index (κ2) is 8.86. The van der Waals surface area contributed by atoms with Gasteiger partial charge in [0.25, 0.3) is 0 Å². The molecule has 1 fully saturated rings. The summed E-state index contributed by atoms with van der Waals surface area (Å²) in [7, 11) is 0. The van der Waals surface area contributed by atoms with Gasteiger partial charge in [0.2, 0.25) is 11.8 Å². The van der Waals surface area contributed by atoms with Crippen molar-refractivity contribution < 1.29 is 18.4 Å². The van der Waals surface area contributed by atoms with E-state index in [9.17, 15) is 9.18 Å². The third-order valence-electron chi connectivity index (χ3n) is 4.95. The molecule has 1 saturated heterocycles. The van der Waals surface area contributed by atoms with Crippen molar-refractivity contribution in [1.29, 1.82) is 0 Å². The molecule has 2 aromatic carbocycles. The predicted octanol–water partition coefficient (Wildman–Crippen LogP) is 3.74. The molecule has 4 rings (SSSR count). The van der Waals surface area contributed by atoms with Gasteiger partial charge >= 0.3 is 0 Å². The number of aromatic nitrogens is 2. The van der Waals surface area contributed by atoms with Gasteiger partial charge in [-0.3, -0.25) is 4.79 Å². The number of hydrogen-bond donors (Lipinski definition) is 0. The topological polar surface area (TPSA) is 68.5 Å². The molecule has 0 radical (unpaired) electrons. The Hall–Kier alpha value is -3.22. The maximum atomic E-state index is 12.9. The molecular formula is C22H22FN3O3. The van der Waals surface area contributed by atoms with Crippen molar-refractivity contribution in [3.8, 4) is 5.75 Å². The summed E-state index contributed by atoms with van der Waals surface area (Å²) in [6.45, 7) is 1.05. The molecule has 2 heterocycles. The lowest BCUT2D eigenvalue weighted by molar-refractivity contribution is -0.131. The third kappa shape index (κ3) is 4.80. The van der Waals surface area contributed by atoms with Crippen molar-refractivity contribution in [2.24, 2.45) is 0 Å². The monoisotopic (exact) mass is 395 g/mol. The van der Waals surface area contributed by atoms with E-state index in [-0.39, 0.29) is 17.8 Å². The lowest BCUT2D eigenvalue weighted by Crippen LogP contribution is -2.32. The van der Waals surface area contributed by atoms with Crippen LogP contribution < -0.4 is 4.74 Å². The molecule has 3 aromatic rings. The van der Waals surface area contributed by atoms with Crippen LogP contribution in [-0.4, -0.2) is 34.1 Å². The normalized spacial score (nSPS) is 16.2. The van der Waals surface area contributed by atoms with Gasteiger partial charge in [-0.1, -0.05) is 35.5 Å². The van der Waals surface area contributed by atoms with Crippen molar-refractivity contribution in [1.82, 2.24) is 15.0 Å². The minimum Gasteiger partial charge on any atom is -0.493 e. The molecule has 0 spiro atoms. The van der Waals surface area contributed by atoms with Gasteiger partial charge in [0.15, 0.2) is 5.82 Å². The van der Waals surface area contributed by atoms with Gasteiger partial charge in [0, 0.05) is 13.0 Å². The molecule has 1 atom stereocenters. The zero-order valence-corrected chi connectivity index (χ0v) is 16.0. The SMILES string of the molecule is O=C(Cc1ccccc1)N1CCCC1c1nc(CCOc2ccc(F)cc2)no1. The first-order chi connectivity index (χ1) is 14.2. The summed E-state index contributed by atoms with van der Waals surface area (Å²) in [5.74, 6) is 1.36. The molecule has 1 amide bonds. The number of amides is 1. The first-order valence-electron chi connectivity index (χ1n) is 9.73. The Balaban J connectivity index is 1.33. The molecular weight excluding hydrogens is 373 g/mol. The van der Waals surface area contributed by atoms with Crippen LogP contribution in [0.2, 0.25) is 0 Å². The van der Waals surface area contributed by atoms with E-state index < -0.39 is 0 Å². The van der Waals surface area contributed by atoms with Crippen molar-refractivity contribution >= 4 is 5.91 Å². The minimum atomic E-state index is -0.303. The Bertz CT molecular complexity index is 943. The molecule has 0 N–H and O–H groups in total. The number of halogens is 1. The van der Waals surface area contributed by atoms with Gasteiger partial charge in [-0.05, 0) is 42.7 Å². The van der Waals surface area contributed by atoms with Crippen LogP contribution in [0, 0.1) is 5.82 Å². The van der Waals surface area contributed by atoms with Crippen molar-refractivity contribution in [2.45, 2.75) is 31.7 Å². The van der Waals surface area contributed by atoms with Crippen molar-refractivity contribution in [2.75, 3.05) is 13.2 Å². The molecule has 150 valence electrons. The van der Waals surface area contributed by atoms with E-state index in [0.717, 1.165) is 18.4 Å². The summed E-state index contributed by atoms with van der Waals surface area (Å²) < 4.78 is 23.9. The maximum absolute atomic E-state index is 12.9. The largest absolute Gasteiger partial charge is 0.493 e. The fraction of sp³-hybridized carbons (Fsp3) is 0.318. The summed E-state index contributed by atoms with van der Waals surface area (Å²) in [6, 6.07) is 15.4. The molecule has 0 saturated carbocycles. The van der Waals surface area contributed by atoms with E-state index in [0.29, 0.717) is 43.5 Å². The van der Waals surface area contributed by atoms with Gasteiger partial charge in [-0.2, -0.15) is 4.98 Å². The van der Waals surface area contributed by atoms with Crippen LogP contribution in [0.15, 0.2) is 59.1 Å². The van der Waals surface area contributed by atoms with Gasteiger partial charge in [-0.15, -0.1) is 0 Å². The number of likely N-dealkylation sites (tertiary alicyclic amines) is 1. The number of rotatable bonds is 7. The summed E-state index contributed by atoms with van der Waals surface area (Å²) >= 11 is 0. The Morgan fingerprint density at radius 3 is 2.76 bits per heavy atom. The quantitative estimate of drug-likeness (QED) is 0.610. The lowest BCUT2D eigenvalue weighted by atomic mass is 10.1. The first kappa shape index (κ1) is 19.1. The number of carbonyl (C=O) groups is 1. The highest BCUT2D eigenvalue weighted by atomic mass is 19.1. The number of nitrogens with zero attached hydrogens (tertiary/aromatic N) is 3. The van der Waals surface area contributed by atoms with Gasteiger partial charge in [0.05, 0.1) is 13.0 Å². The van der Waals surface area contributed by atoms with Crippen LogP contribution in [0.5, 0.6) is 5.75 Å². The second-order valence-corrected chi connectivity index (χ2v) is 7.01. The van der Waals surface area contributed by atoms with E-state index in [4.69, 9.17) is 9.26 Å². The third-order valence-corrected chi connectivity index (χ3v) is 4.95. The van der Waals surface area contributed by atoms with Crippen LogP contribution in [0.25, 0.3) is 0 Å². The number of hydrogen-bond acceptors (Lipinski definition) is 5. The highest BCUT2D eigenvalue weighted by molar-refractivity contribution is 5.79. The maximum Gasteiger partial charge on any atom is 0.249 e. The minimum absolute atomic E-state index is 0.0677. The molecule has 1 unspecified atom stereocenters. The van der Waals surface area contributed by atoms with Gasteiger partial charge in [0.1, 0.15) is 17.6 Å². The smallest absolute Gasteiger partial charge is 0.249 e. The van der Waals surface area contributed by atoms with Crippen LogP contribution in [0.3, 0.4) is 0 Å². The van der Waals surface area contributed by atoms with E-state index in [1.807, 2.05) is 35.2 Å². The van der Waals surface area contributed by atoms with E-state index in [2.05, 4.69) is 10.1 Å². The summed E-state index contributed by atoms with van der Waals surface area (Å²) in [5, 5.41) is 4.02. The molecule has 1 aliphatic rings. The molecule has 0 bridgehead atoms. The zero-order chi connectivity index (χ0) is 20.1. The van der Waals surface area contributed by atoms with Crippen LogP contribution in [0.1, 0.15) is 36.2 Å². The van der Waals surface area contributed by atoms with E-state index in [1.165, 1.54) is 12.1 Å². The van der Waals surface area contributed by atoms with Crippen LogP contribution >= 0.6 is 0 Å². The number of benzene rings is 2. The fourth-order valence-corrected chi connectivity index (χ4v) is 3.49. The van der Waals surface area contributed by atoms with E-state index in [1.54, 1.807) is 12.1 Å². The molecule has 1 aromatic heterocycles. The fourth-order valence-electron chi connectivity index (χ4n) is 3.49. The average Bonchev–Trinajstić information content (AvgIpc) is 3.39. The lowest BCUT2D eigenvalue weighted by Gasteiger charge is -2.21. The first-order valence-corrected chi connectivity index (χ1v) is 9.73. The molecule has 0 aliphatic carbocycles. The summed E-state index contributed by atoms with van der Waals surface area (Å²) in [5.41, 5.74) is 0.993. The standard InChI is InChI=1S/C22H22FN3O3/c23-17-8-10-18(11-9-17)28-14-12-20-24-22(29-25-20)19-7-4-13-26(19)21(27)15-16-5-2-1-3-6-16/h1-3,5-6,8-11,19H,4,7,12-15H2. The molecule has 29 heavy (non-hydrogen) atoms. The average molecular weight is 395 g/mol. The second-order valence-electron chi connectivity index (χ2n) is 7.01. The Morgan fingerprint density at radius 1 is 1.17 bits per heavy atom. The van der Waals surface area contributed by atoms with Crippen molar-refractivity contribution in [3.63, 3.8) is 0 Å². The Labute approximate surface area is 168 Å². The summed E-state index contributed by atoms with van der Waals surface area (Å²) in [6.07, 6.45) is 2.56. The Morgan fingerprint density at radius 2 is 1.97 bits per heavy atom. The molecule has 6 nitrogen and oxygen atoms in total. The molecule has 1 aliphatic heterocycles. The number of carbonyl (C=O) groups excluding carboxylic acids is 1. The summed E-state index contributed by atoms with van der Waals surface area (Å²) in [4.78, 5) is 19.0. The van der Waals surface area contributed by atoms with E-state index >= 15 is 0 Å². The Kier molecular flexibility index (Phi) is 5.84. The number of ether oxygens (including phenoxy) is 1. The highest BCUT2D eigenvalue weighted by Gasteiger charge is 2.33. The highest BCUT2D eigenvalue weighted by Crippen LogP contribution is 2.31. The van der Waals surface area contributed by atoms with Gasteiger partial charge in [-0.25, -0.2) is 4.39 Å². The molecule has 7 heteroatoms. The van der Waals surface area contributed by atoms with Gasteiger partial charge < -0.3 is 14.2 Å². The van der Waals surface area contributed by atoms with Crippen LogP contribution in [-0.2, 0) is 17.6 Å². The van der Waals surface area contributed by atoms with Crippen LogP contribution in [0.4, 0.5) is 4.39 Å².